The second kappa shape index (κ2) is 10.4. The summed E-state index contributed by atoms with van der Waals surface area (Å²) in [6.07, 6.45) is -3.44. The zero-order valence-corrected chi connectivity index (χ0v) is 15.9. The van der Waals surface area contributed by atoms with E-state index in [1.165, 1.54) is 24.3 Å². The molecule has 0 spiro atoms. The first-order valence-corrected chi connectivity index (χ1v) is 9.02. The topological polar surface area (TPSA) is 88.7 Å². The molecular formula is C20H23F3N4O2. The third-order valence-electron chi connectivity index (χ3n) is 3.78. The van der Waals surface area contributed by atoms with Crippen molar-refractivity contribution < 1.29 is 22.7 Å². The van der Waals surface area contributed by atoms with Crippen molar-refractivity contribution in [2.75, 3.05) is 5.32 Å². The van der Waals surface area contributed by atoms with Crippen molar-refractivity contribution in [3.8, 4) is 5.75 Å². The molecule has 2 rings (SSSR count). The second-order valence-corrected chi connectivity index (χ2v) is 6.24. The van der Waals surface area contributed by atoms with Crippen molar-refractivity contribution in [3.05, 3.63) is 59.7 Å². The number of carbonyl (C=O) groups excluding carboxylic acids is 1. The van der Waals surface area contributed by atoms with Crippen molar-refractivity contribution in [2.45, 2.75) is 39.2 Å². The molecule has 156 valence electrons. The van der Waals surface area contributed by atoms with Crippen LogP contribution in [0.15, 0.2) is 53.5 Å². The summed E-state index contributed by atoms with van der Waals surface area (Å²) in [5.41, 5.74) is 8.19. The number of guanidine groups is 1. The molecule has 0 aliphatic rings. The Bertz CT molecular complexity index is 819. The summed E-state index contributed by atoms with van der Waals surface area (Å²) in [4.78, 5) is 15.7. The van der Waals surface area contributed by atoms with Gasteiger partial charge in [-0.25, -0.2) is 4.99 Å². The number of hydrogen-bond donors (Lipinski definition) is 3. The minimum Gasteiger partial charge on any atom is -0.406 e. The number of nitrogens with two attached hydrogens (primary N) is 1. The molecule has 0 heterocycles. The fourth-order valence-electron chi connectivity index (χ4n) is 2.38. The molecule has 4 N–H and O–H groups in total. The van der Waals surface area contributed by atoms with Crippen molar-refractivity contribution >= 4 is 17.6 Å². The SMILES string of the molecule is CCCC(=O)Nc1ccc(CNC(N)=NCc2ccc(OC(F)(F)F)cc2)cc1. The van der Waals surface area contributed by atoms with Crippen molar-refractivity contribution in [1.82, 2.24) is 5.32 Å². The molecule has 6 nitrogen and oxygen atoms in total. The molecule has 0 aromatic heterocycles. The van der Waals surface area contributed by atoms with E-state index in [0.29, 0.717) is 18.5 Å². The first kappa shape index (κ1) is 22.1. The molecule has 0 aliphatic carbocycles. The molecule has 2 aromatic carbocycles. The molecule has 0 aliphatic heterocycles. The van der Waals surface area contributed by atoms with Crippen molar-refractivity contribution in [1.29, 1.82) is 0 Å². The van der Waals surface area contributed by atoms with E-state index in [-0.39, 0.29) is 24.2 Å². The zero-order valence-electron chi connectivity index (χ0n) is 15.9. The van der Waals surface area contributed by atoms with Gasteiger partial charge in [-0.1, -0.05) is 31.2 Å². The maximum absolute atomic E-state index is 12.1. The molecule has 0 fully saturated rings. The highest BCUT2D eigenvalue weighted by atomic mass is 19.4. The highest BCUT2D eigenvalue weighted by Crippen LogP contribution is 2.22. The number of amides is 1. The van der Waals surface area contributed by atoms with Crippen LogP contribution in [0.1, 0.15) is 30.9 Å². The third-order valence-corrected chi connectivity index (χ3v) is 3.78. The van der Waals surface area contributed by atoms with E-state index in [1.54, 1.807) is 0 Å². The Kier molecular flexibility index (Phi) is 7.88. The fraction of sp³-hybridized carbons (Fsp3) is 0.300. The summed E-state index contributed by atoms with van der Waals surface area (Å²) in [5, 5.41) is 5.77. The number of halogens is 3. The summed E-state index contributed by atoms with van der Waals surface area (Å²) >= 11 is 0. The van der Waals surface area contributed by atoms with Crippen molar-refractivity contribution in [3.63, 3.8) is 0 Å². The Morgan fingerprint density at radius 3 is 2.28 bits per heavy atom. The maximum Gasteiger partial charge on any atom is 0.573 e. The predicted octanol–water partition coefficient (Wildman–Crippen LogP) is 3.93. The summed E-state index contributed by atoms with van der Waals surface area (Å²) in [6, 6.07) is 12.8. The van der Waals surface area contributed by atoms with Gasteiger partial charge in [-0.15, -0.1) is 13.2 Å². The average Bonchev–Trinajstić information content (AvgIpc) is 2.66. The van der Waals surface area contributed by atoms with E-state index in [1.807, 2.05) is 31.2 Å². The molecule has 1 amide bonds. The van der Waals surface area contributed by atoms with Crippen LogP contribution in [-0.4, -0.2) is 18.2 Å². The Morgan fingerprint density at radius 2 is 1.69 bits per heavy atom. The van der Waals surface area contributed by atoms with Crippen LogP contribution in [0.2, 0.25) is 0 Å². The lowest BCUT2D eigenvalue weighted by Gasteiger charge is -2.09. The van der Waals surface area contributed by atoms with Crippen LogP contribution in [0, 0.1) is 0 Å². The molecule has 0 saturated carbocycles. The van der Waals surface area contributed by atoms with Gasteiger partial charge in [0.15, 0.2) is 5.96 Å². The standard InChI is InChI=1S/C20H23F3N4O2/c1-2-3-18(28)27-16-8-4-14(5-9-16)12-25-19(24)26-13-15-6-10-17(11-7-15)29-20(21,22)23/h4-11H,2-3,12-13H2,1H3,(H,27,28)(H3,24,25,26). The van der Waals surface area contributed by atoms with E-state index in [0.717, 1.165) is 17.7 Å². The monoisotopic (exact) mass is 408 g/mol. The van der Waals surface area contributed by atoms with Gasteiger partial charge in [-0.05, 0) is 41.8 Å². The van der Waals surface area contributed by atoms with E-state index in [9.17, 15) is 18.0 Å². The highest BCUT2D eigenvalue weighted by Gasteiger charge is 2.30. The quantitative estimate of drug-likeness (QED) is 0.456. The van der Waals surface area contributed by atoms with Gasteiger partial charge in [-0.3, -0.25) is 4.79 Å². The molecule has 0 bridgehead atoms. The number of nitrogens with one attached hydrogen (secondary N) is 2. The molecule has 0 unspecified atom stereocenters. The lowest BCUT2D eigenvalue weighted by molar-refractivity contribution is -0.274. The van der Waals surface area contributed by atoms with Crippen LogP contribution < -0.4 is 21.1 Å². The smallest absolute Gasteiger partial charge is 0.406 e. The van der Waals surface area contributed by atoms with E-state index in [2.05, 4.69) is 20.4 Å². The zero-order chi connectivity index (χ0) is 21.3. The number of carbonyl (C=O) groups is 1. The maximum atomic E-state index is 12.1. The number of anilines is 1. The molecule has 0 radical (unpaired) electrons. The Balaban J connectivity index is 1.80. The average molecular weight is 408 g/mol. The van der Waals surface area contributed by atoms with Gasteiger partial charge in [0.1, 0.15) is 5.75 Å². The first-order chi connectivity index (χ1) is 13.7. The number of hydrogen-bond acceptors (Lipinski definition) is 3. The van der Waals surface area contributed by atoms with Gasteiger partial charge in [-0.2, -0.15) is 0 Å². The van der Waals surface area contributed by atoms with Crippen LogP contribution in [0.25, 0.3) is 0 Å². The van der Waals surface area contributed by atoms with Gasteiger partial charge < -0.3 is 21.1 Å². The summed E-state index contributed by atoms with van der Waals surface area (Å²) in [6.45, 7) is 2.60. The van der Waals surface area contributed by atoms with E-state index in [4.69, 9.17) is 5.73 Å². The number of alkyl halides is 3. The first-order valence-electron chi connectivity index (χ1n) is 9.02. The number of rotatable bonds is 8. The van der Waals surface area contributed by atoms with Gasteiger partial charge in [0, 0.05) is 18.7 Å². The predicted molar refractivity (Wildman–Crippen MR) is 105 cm³/mol. The largest absolute Gasteiger partial charge is 0.573 e. The normalized spacial score (nSPS) is 11.8. The highest BCUT2D eigenvalue weighted by molar-refractivity contribution is 5.90. The van der Waals surface area contributed by atoms with E-state index < -0.39 is 6.36 Å². The summed E-state index contributed by atoms with van der Waals surface area (Å²) < 4.78 is 40.2. The number of ether oxygens (including phenoxy) is 1. The third kappa shape index (κ3) is 8.54. The molecule has 29 heavy (non-hydrogen) atoms. The van der Waals surface area contributed by atoms with Gasteiger partial charge >= 0.3 is 6.36 Å². The van der Waals surface area contributed by atoms with Crippen LogP contribution in [0.4, 0.5) is 18.9 Å². The van der Waals surface area contributed by atoms with Gasteiger partial charge in [0.25, 0.3) is 0 Å². The van der Waals surface area contributed by atoms with Crippen LogP contribution >= 0.6 is 0 Å². The Hall–Kier alpha value is -3.23. The van der Waals surface area contributed by atoms with Crippen LogP contribution in [-0.2, 0) is 17.9 Å². The van der Waals surface area contributed by atoms with Crippen molar-refractivity contribution in [2.24, 2.45) is 10.7 Å². The summed E-state index contributed by atoms with van der Waals surface area (Å²) in [5.74, 6) is -0.0978. The summed E-state index contributed by atoms with van der Waals surface area (Å²) in [7, 11) is 0. The minimum atomic E-state index is -4.71. The number of nitrogens with zero attached hydrogens (tertiary/aromatic N) is 1. The molecule has 9 heteroatoms. The Morgan fingerprint density at radius 1 is 1.07 bits per heavy atom. The van der Waals surface area contributed by atoms with Crippen LogP contribution in [0.3, 0.4) is 0 Å². The number of benzene rings is 2. The molecule has 0 atom stereocenters. The van der Waals surface area contributed by atoms with E-state index >= 15 is 0 Å². The molecule has 0 saturated heterocycles. The Labute approximate surface area is 167 Å². The lowest BCUT2D eigenvalue weighted by atomic mass is 10.2. The van der Waals surface area contributed by atoms with Gasteiger partial charge in [0.2, 0.25) is 5.91 Å². The number of aliphatic imine (C=N–C) groups is 1. The minimum absolute atomic E-state index is 0.0206. The van der Waals surface area contributed by atoms with Gasteiger partial charge in [0.05, 0.1) is 6.54 Å². The second-order valence-electron chi connectivity index (χ2n) is 6.24. The molecular weight excluding hydrogens is 385 g/mol. The lowest BCUT2D eigenvalue weighted by Crippen LogP contribution is -2.31. The fourth-order valence-corrected chi connectivity index (χ4v) is 2.38. The molecule has 2 aromatic rings. The van der Waals surface area contributed by atoms with Crippen LogP contribution in [0.5, 0.6) is 5.75 Å².